The van der Waals surface area contributed by atoms with Crippen molar-refractivity contribution in [1.29, 1.82) is 0 Å². The number of aliphatic carboxylic acids is 1. The second-order valence-electron chi connectivity index (χ2n) is 5.12. The normalized spacial score (nSPS) is 21.1. The van der Waals surface area contributed by atoms with Crippen LogP contribution in [0.1, 0.15) is 41.4 Å². The molecule has 0 saturated heterocycles. The van der Waals surface area contributed by atoms with Gasteiger partial charge in [-0.1, -0.05) is 54.6 Å². The van der Waals surface area contributed by atoms with Gasteiger partial charge in [0.05, 0.1) is 6.42 Å². The van der Waals surface area contributed by atoms with Crippen molar-refractivity contribution in [2.24, 2.45) is 0 Å². The summed E-state index contributed by atoms with van der Waals surface area (Å²) in [6.07, 6.45) is 1.12. The Morgan fingerprint density at radius 2 is 1.63 bits per heavy atom. The minimum atomic E-state index is -0.714. The molecule has 3 rings (SSSR count). The highest BCUT2D eigenvalue weighted by atomic mass is 16.4. The van der Waals surface area contributed by atoms with Gasteiger partial charge in [0.25, 0.3) is 0 Å². The Bertz CT molecular complexity index is 589. The average molecular weight is 252 g/mol. The minimum absolute atomic E-state index is 0.138. The number of rotatable bonds is 3. The van der Waals surface area contributed by atoms with E-state index >= 15 is 0 Å². The molecule has 0 saturated carbocycles. The highest BCUT2D eigenvalue weighted by Gasteiger charge is 2.32. The summed E-state index contributed by atoms with van der Waals surface area (Å²) >= 11 is 0. The van der Waals surface area contributed by atoms with E-state index in [9.17, 15) is 4.79 Å². The van der Waals surface area contributed by atoms with Crippen molar-refractivity contribution in [3.63, 3.8) is 0 Å². The van der Waals surface area contributed by atoms with Crippen molar-refractivity contribution in [3.8, 4) is 0 Å². The molecule has 0 fully saturated rings. The molecule has 0 bridgehead atoms. The number of hydrogen-bond donors (Lipinski definition) is 1. The van der Waals surface area contributed by atoms with E-state index in [0.29, 0.717) is 5.92 Å². The van der Waals surface area contributed by atoms with E-state index in [1.54, 1.807) is 0 Å². The summed E-state index contributed by atoms with van der Waals surface area (Å²) < 4.78 is 0. The Balaban J connectivity index is 1.99. The van der Waals surface area contributed by atoms with E-state index in [2.05, 4.69) is 24.3 Å². The number of benzene rings is 2. The van der Waals surface area contributed by atoms with Crippen LogP contribution in [0.3, 0.4) is 0 Å². The molecule has 0 aromatic heterocycles. The zero-order valence-electron chi connectivity index (χ0n) is 10.6. The molecule has 2 heteroatoms. The van der Waals surface area contributed by atoms with Gasteiger partial charge in [-0.2, -0.15) is 0 Å². The van der Waals surface area contributed by atoms with Crippen LogP contribution in [0.5, 0.6) is 0 Å². The van der Waals surface area contributed by atoms with Crippen molar-refractivity contribution in [2.75, 3.05) is 0 Å². The molecule has 1 aliphatic carbocycles. The van der Waals surface area contributed by atoms with E-state index in [1.807, 2.05) is 30.3 Å². The lowest BCUT2D eigenvalue weighted by atomic mass is 9.92. The molecule has 0 spiro atoms. The smallest absolute Gasteiger partial charge is 0.303 e. The third kappa shape index (κ3) is 2.26. The first-order valence-corrected chi connectivity index (χ1v) is 6.61. The van der Waals surface area contributed by atoms with Crippen molar-refractivity contribution < 1.29 is 9.90 Å². The van der Waals surface area contributed by atoms with Gasteiger partial charge in [0, 0.05) is 5.92 Å². The van der Waals surface area contributed by atoms with E-state index in [0.717, 1.165) is 6.42 Å². The lowest BCUT2D eigenvalue weighted by molar-refractivity contribution is -0.137. The fourth-order valence-electron chi connectivity index (χ4n) is 3.14. The molecule has 0 heterocycles. The van der Waals surface area contributed by atoms with Gasteiger partial charge >= 0.3 is 5.97 Å². The van der Waals surface area contributed by atoms with Gasteiger partial charge in [-0.15, -0.1) is 0 Å². The van der Waals surface area contributed by atoms with Gasteiger partial charge < -0.3 is 5.11 Å². The number of fused-ring (bicyclic) bond motifs is 1. The Morgan fingerprint density at radius 1 is 1.00 bits per heavy atom. The Hall–Kier alpha value is -2.09. The standard InChI is InChI=1S/C17H16O2/c18-17(19)11-13-10-16(12-6-2-1-3-7-12)15-9-5-4-8-14(13)15/h1-9,13,16H,10-11H2,(H,18,19)/t13-,16+/m0/s1. The minimum Gasteiger partial charge on any atom is -0.481 e. The Morgan fingerprint density at radius 3 is 2.32 bits per heavy atom. The molecule has 2 aromatic carbocycles. The van der Waals surface area contributed by atoms with Crippen LogP contribution in [0, 0.1) is 0 Å². The van der Waals surface area contributed by atoms with Gasteiger partial charge in [0.1, 0.15) is 0 Å². The predicted octanol–water partition coefficient (Wildman–Crippen LogP) is 3.78. The van der Waals surface area contributed by atoms with Crippen LogP contribution in [-0.4, -0.2) is 11.1 Å². The number of carbonyl (C=O) groups is 1. The van der Waals surface area contributed by atoms with Crippen molar-refractivity contribution >= 4 is 5.97 Å². The van der Waals surface area contributed by atoms with Gasteiger partial charge in [0.2, 0.25) is 0 Å². The number of carboxylic acids is 1. The summed E-state index contributed by atoms with van der Waals surface area (Å²) in [6.45, 7) is 0. The van der Waals surface area contributed by atoms with Crippen molar-refractivity contribution in [2.45, 2.75) is 24.7 Å². The van der Waals surface area contributed by atoms with Gasteiger partial charge in [-0.3, -0.25) is 4.79 Å². The van der Waals surface area contributed by atoms with Crippen LogP contribution in [0.4, 0.5) is 0 Å². The van der Waals surface area contributed by atoms with Crippen LogP contribution >= 0.6 is 0 Å². The molecule has 2 atom stereocenters. The Kier molecular flexibility index (Phi) is 3.08. The molecule has 0 radical (unpaired) electrons. The predicted molar refractivity (Wildman–Crippen MR) is 74.3 cm³/mol. The molecule has 19 heavy (non-hydrogen) atoms. The van der Waals surface area contributed by atoms with Gasteiger partial charge in [0.15, 0.2) is 0 Å². The van der Waals surface area contributed by atoms with E-state index < -0.39 is 5.97 Å². The fourth-order valence-corrected chi connectivity index (χ4v) is 3.14. The first kappa shape index (κ1) is 12.0. The largest absolute Gasteiger partial charge is 0.481 e. The summed E-state index contributed by atoms with van der Waals surface area (Å²) in [5, 5.41) is 9.06. The number of hydrogen-bond acceptors (Lipinski definition) is 1. The highest BCUT2D eigenvalue weighted by molar-refractivity contribution is 5.68. The molecule has 2 nitrogen and oxygen atoms in total. The molecule has 0 unspecified atom stereocenters. The second kappa shape index (κ2) is 4.88. The van der Waals surface area contributed by atoms with E-state index in [1.165, 1.54) is 16.7 Å². The maximum Gasteiger partial charge on any atom is 0.303 e. The van der Waals surface area contributed by atoms with Crippen LogP contribution in [0.2, 0.25) is 0 Å². The SMILES string of the molecule is O=C(O)C[C@@H]1C[C@H](c2ccccc2)c2ccccc21. The first-order valence-electron chi connectivity index (χ1n) is 6.61. The van der Waals surface area contributed by atoms with Crippen LogP contribution in [-0.2, 0) is 4.79 Å². The molecule has 1 N–H and O–H groups in total. The molecule has 0 amide bonds. The van der Waals surface area contributed by atoms with E-state index in [4.69, 9.17) is 5.11 Å². The zero-order valence-corrected chi connectivity index (χ0v) is 10.6. The maximum absolute atomic E-state index is 11.0. The first-order chi connectivity index (χ1) is 9.25. The summed E-state index contributed by atoms with van der Waals surface area (Å²) in [6, 6.07) is 18.6. The van der Waals surface area contributed by atoms with Crippen LogP contribution in [0.25, 0.3) is 0 Å². The van der Waals surface area contributed by atoms with Crippen molar-refractivity contribution in [3.05, 3.63) is 71.3 Å². The highest BCUT2D eigenvalue weighted by Crippen LogP contribution is 2.46. The molecule has 0 aliphatic heterocycles. The van der Waals surface area contributed by atoms with Gasteiger partial charge in [-0.25, -0.2) is 0 Å². The zero-order chi connectivity index (χ0) is 13.2. The Labute approximate surface area is 112 Å². The quantitative estimate of drug-likeness (QED) is 0.902. The summed E-state index contributed by atoms with van der Waals surface area (Å²) in [4.78, 5) is 11.0. The van der Waals surface area contributed by atoms with Crippen LogP contribution in [0.15, 0.2) is 54.6 Å². The number of carboxylic acid groups (broad SMARTS) is 1. The average Bonchev–Trinajstić information content (AvgIpc) is 2.78. The summed E-state index contributed by atoms with van der Waals surface area (Å²) in [5.74, 6) is -0.242. The third-order valence-electron chi connectivity index (χ3n) is 3.95. The summed E-state index contributed by atoms with van der Waals surface area (Å²) in [7, 11) is 0. The van der Waals surface area contributed by atoms with Gasteiger partial charge in [-0.05, 0) is 29.0 Å². The monoisotopic (exact) mass is 252 g/mol. The van der Waals surface area contributed by atoms with Crippen molar-refractivity contribution in [1.82, 2.24) is 0 Å². The topological polar surface area (TPSA) is 37.3 Å². The van der Waals surface area contributed by atoms with Crippen LogP contribution < -0.4 is 0 Å². The second-order valence-corrected chi connectivity index (χ2v) is 5.12. The lowest BCUT2D eigenvalue weighted by Crippen LogP contribution is -2.03. The maximum atomic E-state index is 11.0. The third-order valence-corrected chi connectivity index (χ3v) is 3.95. The molecule has 96 valence electrons. The molecule has 2 aromatic rings. The lowest BCUT2D eigenvalue weighted by Gasteiger charge is -2.11. The van der Waals surface area contributed by atoms with E-state index in [-0.39, 0.29) is 12.3 Å². The molecular formula is C17H16O2. The summed E-state index contributed by atoms with van der Waals surface area (Å²) in [5.41, 5.74) is 3.78. The fraction of sp³-hybridized carbons (Fsp3) is 0.235. The molecular weight excluding hydrogens is 236 g/mol. The molecule has 1 aliphatic rings.